The molecule has 0 saturated heterocycles. The average Bonchev–Trinajstić information content (AvgIpc) is 2.63. The fraction of sp³-hybridized carbons (Fsp3) is 0.286. The molecule has 2 rings (SSSR count). The van der Waals surface area contributed by atoms with Crippen molar-refractivity contribution in [3.63, 3.8) is 0 Å². The average molecular weight is 399 g/mol. The lowest BCUT2D eigenvalue weighted by Crippen LogP contribution is -2.15. The third kappa shape index (κ3) is 6.53. The summed E-state index contributed by atoms with van der Waals surface area (Å²) in [7, 11) is 0. The second-order valence-electron chi connectivity index (χ2n) is 6.14. The summed E-state index contributed by atoms with van der Waals surface area (Å²) in [4.78, 5) is 35.7. The van der Waals surface area contributed by atoms with Crippen LogP contribution < -0.4 is 25.4 Å². The molecule has 8 heteroatoms. The normalized spacial score (nSPS) is 10.1. The molecule has 0 heterocycles. The highest BCUT2D eigenvalue weighted by Gasteiger charge is 2.14. The lowest BCUT2D eigenvalue weighted by atomic mass is 10.1. The first-order chi connectivity index (χ1) is 13.8. The van der Waals surface area contributed by atoms with E-state index in [2.05, 4.69) is 16.0 Å². The van der Waals surface area contributed by atoms with E-state index in [-0.39, 0.29) is 17.4 Å². The van der Waals surface area contributed by atoms with Gasteiger partial charge in [-0.3, -0.25) is 14.4 Å². The van der Waals surface area contributed by atoms with Crippen LogP contribution in [0.3, 0.4) is 0 Å². The first-order valence-electron chi connectivity index (χ1n) is 9.23. The molecule has 29 heavy (non-hydrogen) atoms. The van der Waals surface area contributed by atoms with Crippen LogP contribution in [0.5, 0.6) is 11.5 Å². The van der Waals surface area contributed by atoms with Crippen LogP contribution in [0.25, 0.3) is 0 Å². The molecule has 0 radical (unpaired) electrons. The molecule has 8 nitrogen and oxygen atoms in total. The van der Waals surface area contributed by atoms with Gasteiger partial charge < -0.3 is 25.4 Å². The molecule has 3 amide bonds. The van der Waals surface area contributed by atoms with E-state index in [1.165, 1.54) is 26.0 Å². The minimum atomic E-state index is -0.432. The van der Waals surface area contributed by atoms with Crippen LogP contribution in [-0.2, 0) is 9.59 Å². The summed E-state index contributed by atoms with van der Waals surface area (Å²) in [6.07, 6.45) is 0. The molecular weight excluding hydrogens is 374 g/mol. The van der Waals surface area contributed by atoms with Crippen molar-refractivity contribution in [1.82, 2.24) is 0 Å². The second kappa shape index (κ2) is 10.1. The van der Waals surface area contributed by atoms with E-state index < -0.39 is 5.91 Å². The van der Waals surface area contributed by atoms with Crippen molar-refractivity contribution < 1.29 is 23.9 Å². The molecule has 3 N–H and O–H groups in total. The first kappa shape index (κ1) is 21.7. The zero-order valence-electron chi connectivity index (χ0n) is 16.9. The van der Waals surface area contributed by atoms with Gasteiger partial charge in [-0.05, 0) is 44.2 Å². The van der Waals surface area contributed by atoms with Gasteiger partial charge in [0.05, 0.1) is 18.9 Å². The van der Waals surface area contributed by atoms with Crippen LogP contribution in [0.2, 0.25) is 0 Å². The Morgan fingerprint density at radius 3 is 1.90 bits per heavy atom. The van der Waals surface area contributed by atoms with E-state index in [0.717, 1.165) is 0 Å². The Hall–Kier alpha value is -3.55. The summed E-state index contributed by atoms with van der Waals surface area (Å²) in [5.74, 6) is 0.0822. The standard InChI is InChI=1S/C21H25N3O5/c1-5-28-18-7-8-20(29-6-2)19(12-18)24-21(27)15-9-16(22-13(3)25)11-17(10-15)23-14(4)26/h7-12H,5-6H2,1-4H3,(H,22,25)(H,23,26)(H,24,27). The predicted octanol–water partition coefficient (Wildman–Crippen LogP) is 3.65. The van der Waals surface area contributed by atoms with Crippen molar-refractivity contribution in [2.45, 2.75) is 27.7 Å². The van der Waals surface area contributed by atoms with Crippen LogP contribution in [0.1, 0.15) is 38.1 Å². The maximum Gasteiger partial charge on any atom is 0.255 e. The van der Waals surface area contributed by atoms with Gasteiger partial charge in [-0.2, -0.15) is 0 Å². The summed E-state index contributed by atoms with van der Waals surface area (Å²) < 4.78 is 11.1. The summed E-state index contributed by atoms with van der Waals surface area (Å²) >= 11 is 0. The van der Waals surface area contributed by atoms with E-state index in [9.17, 15) is 14.4 Å². The number of amides is 3. The minimum absolute atomic E-state index is 0.254. The molecule has 154 valence electrons. The van der Waals surface area contributed by atoms with Gasteiger partial charge in [-0.25, -0.2) is 0 Å². The van der Waals surface area contributed by atoms with Gasteiger partial charge in [0.1, 0.15) is 11.5 Å². The summed E-state index contributed by atoms with van der Waals surface area (Å²) in [6.45, 7) is 7.35. The molecule has 0 bridgehead atoms. The van der Waals surface area contributed by atoms with Crippen molar-refractivity contribution in [1.29, 1.82) is 0 Å². The Balaban J connectivity index is 2.37. The number of hydrogen-bond donors (Lipinski definition) is 3. The van der Waals surface area contributed by atoms with Crippen LogP contribution >= 0.6 is 0 Å². The Morgan fingerprint density at radius 1 is 0.793 bits per heavy atom. The minimum Gasteiger partial charge on any atom is -0.494 e. The van der Waals surface area contributed by atoms with Gasteiger partial charge in [0, 0.05) is 36.9 Å². The molecule has 0 aliphatic carbocycles. The van der Waals surface area contributed by atoms with Crippen LogP contribution in [0.15, 0.2) is 36.4 Å². The van der Waals surface area contributed by atoms with Gasteiger partial charge in [0.15, 0.2) is 0 Å². The quantitative estimate of drug-likeness (QED) is 0.628. The molecule has 0 aliphatic rings. The molecule has 0 fully saturated rings. The number of anilines is 3. The smallest absolute Gasteiger partial charge is 0.255 e. The largest absolute Gasteiger partial charge is 0.494 e. The van der Waals surface area contributed by atoms with E-state index in [1.807, 2.05) is 13.8 Å². The monoisotopic (exact) mass is 399 g/mol. The summed E-state index contributed by atoms with van der Waals surface area (Å²) in [5.41, 5.74) is 1.49. The van der Waals surface area contributed by atoms with Gasteiger partial charge in [-0.15, -0.1) is 0 Å². The van der Waals surface area contributed by atoms with Crippen molar-refractivity contribution in [3.8, 4) is 11.5 Å². The number of carbonyl (C=O) groups excluding carboxylic acids is 3. The molecule has 0 saturated carbocycles. The van der Waals surface area contributed by atoms with Crippen LogP contribution in [-0.4, -0.2) is 30.9 Å². The highest BCUT2D eigenvalue weighted by molar-refractivity contribution is 6.07. The molecule has 0 spiro atoms. The van der Waals surface area contributed by atoms with Crippen LogP contribution in [0, 0.1) is 0 Å². The number of benzene rings is 2. The molecular formula is C21H25N3O5. The number of hydrogen-bond acceptors (Lipinski definition) is 5. The number of nitrogens with one attached hydrogen (secondary N) is 3. The van der Waals surface area contributed by atoms with Gasteiger partial charge in [0.2, 0.25) is 11.8 Å². The van der Waals surface area contributed by atoms with Gasteiger partial charge >= 0.3 is 0 Å². The van der Waals surface area contributed by atoms with Crippen LogP contribution in [0.4, 0.5) is 17.1 Å². The third-order valence-corrected chi connectivity index (χ3v) is 3.65. The fourth-order valence-electron chi connectivity index (χ4n) is 2.65. The Kier molecular flexibility index (Phi) is 7.59. The molecule has 0 unspecified atom stereocenters. The molecule has 0 aromatic heterocycles. The van der Waals surface area contributed by atoms with Gasteiger partial charge in [-0.1, -0.05) is 0 Å². The number of carbonyl (C=O) groups is 3. The molecule has 2 aromatic carbocycles. The van der Waals surface area contributed by atoms with Crippen molar-refractivity contribution in [3.05, 3.63) is 42.0 Å². The van der Waals surface area contributed by atoms with Crippen molar-refractivity contribution >= 4 is 34.8 Å². The lowest BCUT2D eigenvalue weighted by molar-refractivity contribution is -0.115. The summed E-state index contributed by atoms with van der Waals surface area (Å²) in [5, 5.41) is 8.04. The van der Waals surface area contributed by atoms with Gasteiger partial charge in [0.25, 0.3) is 5.91 Å². The SMILES string of the molecule is CCOc1ccc(OCC)c(NC(=O)c2cc(NC(C)=O)cc(NC(C)=O)c2)c1. The maximum absolute atomic E-state index is 12.9. The first-order valence-corrected chi connectivity index (χ1v) is 9.23. The van der Waals surface area contributed by atoms with E-state index >= 15 is 0 Å². The predicted molar refractivity (Wildman–Crippen MR) is 112 cm³/mol. The highest BCUT2D eigenvalue weighted by Crippen LogP contribution is 2.30. The third-order valence-electron chi connectivity index (χ3n) is 3.65. The van der Waals surface area contributed by atoms with E-state index in [4.69, 9.17) is 9.47 Å². The number of rotatable bonds is 8. The van der Waals surface area contributed by atoms with E-state index in [1.54, 1.807) is 24.3 Å². The van der Waals surface area contributed by atoms with Crippen molar-refractivity contribution in [2.75, 3.05) is 29.2 Å². The Labute approximate surface area is 169 Å². The number of ether oxygens (including phenoxy) is 2. The zero-order chi connectivity index (χ0) is 21.4. The topological polar surface area (TPSA) is 106 Å². The Morgan fingerprint density at radius 2 is 1.38 bits per heavy atom. The fourth-order valence-corrected chi connectivity index (χ4v) is 2.65. The highest BCUT2D eigenvalue weighted by atomic mass is 16.5. The second-order valence-corrected chi connectivity index (χ2v) is 6.14. The van der Waals surface area contributed by atoms with Crippen molar-refractivity contribution in [2.24, 2.45) is 0 Å². The molecule has 2 aromatic rings. The molecule has 0 aliphatic heterocycles. The van der Waals surface area contributed by atoms with E-state index in [0.29, 0.717) is 41.8 Å². The Bertz CT molecular complexity index is 877. The zero-order valence-corrected chi connectivity index (χ0v) is 16.9. The molecule has 0 atom stereocenters. The summed E-state index contributed by atoms with van der Waals surface area (Å²) in [6, 6.07) is 9.78. The lowest BCUT2D eigenvalue weighted by Gasteiger charge is -2.15. The maximum atomic E-state index is 12.9.